The first-order valence-corrected chi connectivity index (χ1v) is 8.38. The van der Waals surface area contributed by atoms with Gasteiger partial charge in [0.05, 0.1) is 16.9 Å². The van der Waals surface area contributed by atoms with E-state index in [2.05, 4.69) is 62.3 Å². The third-order valence-corrected chi connectivity index (χ3v) is 4.97. The topological polar surface area (TPSA) is 21.3 Å². The lowest BCUT2D eigenvalue weighted by atomic mass is 10.0. The van der Waals surface area contributed by atoms with Crippen molar-refractivity contribution in [3.05, 3.63) is 49.0 Å². The number of methoxy groups -OCH3 is 1. The highest BCUT2D eigenvalue weighted by molar-refractivity contribution is 9.11. The number of thiophene rings is 1. The van der Waals surface area contributed by atoms with Crippen molar-refractivity contribution in [2.24, 2.45) is 0 Å². The van der Waals surface area contributed by atoms with Gasteiger partial charge in [-0.25, -0.2) is 0 Å². The van der Waals surface area contributed by atoms with E-state index in [-0.39, 0.29) is 6.04 Å². The molecule has 1 heterocycles. The van der Waals surface area contributed by atoms with E-state index in [1.807, 2.05) is 12.1 Å². The minimum atomic E-state index is 0.147. The molecule has 0 saturated heterocycles. The van der Waals surface area contributed by atoms with E-state index in [9.17, 15) is 0 Å². The molecule has 1 aromatic carbocycles. The number of hydrogen-bond acceptors (Lipinski definition) is 3. The fraction of sp³-hybridized carbons (Fsp3) is 0.286. The number of nitrogens with one attached hydrogen (secondary N) is 1. The van der Waals surface area contributed by atoms with Crippen LogP contribution < -0.4 is 10.1 Å². The average Bonchev–Trinajstić information content (AvgIpc) is 2.82. The van der Waals surface area contributed by atoms with Crippen molar-refractivity contribution in [1.29, 1.82) is 0 Å². The van der Waals surface area contributed by atoms with Crippen LogP contribution in [0.15, 0.2) is 38.6 Å². The molecule has 19 heavy (non-hydrogen) atoms. The first-order valence-electron chi connectivity index (χ1n) is 5.97. The van der Waals surface area contributed by atoms with Gasteiger partial charge in [0, 0.05) is 14.9 Å². The molecule has 5 heteroatoms. The zero-order valence-corrected chi connectivity index (χ0v) is 14.7. The van der Waals surface area contributed by atoms with Crippen LogP contribution in [0.1, 0.15) is 23.4 Å². The molecule has 0 spiro atoms. The van der Waals surface area contributed by atoms with Crippen LogP contribution in [0.3, 0.4) is 0 Å². The lowest BCUT2D eigenvalue weighted by molar-refractivity contribution is 0.404. The maximum atomic E-state index is 5.49. The summed E-state index contributed by atoms with van der Waals surface area (Å²) in [5, 5.41) is 3.52. The molecule has 2 rings (SSSR count). The molecule has 1 aromatic heterocycles. The van der Waals surface area contributed by atoms with Crippen LogP contribution in [-0.2, 0) is 0 Å². The van der Waals surface area contributed by atoms with Crippen molar-refractivity contribution >= 4 is 43.2 Å². The van der Waals surface area contributed by atoms with Crippen LogP contribution in [0.4, 0.5) is 0 Å². The molecule has 1 atom stereocenters. The van der Waals surface area contributed by atoms with E-state index in [1.165, 1.54) is 4.88 Å². The number of hydrogen-bond donors (Lipinski definition) is 1. The quantitative estimate of drug-likeness (QED) is 0.758. The summed E-state index contributed by atoms with van der Waals surface area (Å²) in [5.74, 6) is 0.902. The van der Waals surface area contributed by atoms with Crippen LogP contribution in [-0.4, -0.2) is 13.7 Å². The molecule has 0 aliphatic heterocycles. The Hall–Kier alpha value is -0.360. The minimum absolute atomic E-state index is 0.147. The Labute approximate surface area is 134 Å². The van der Waals surface area contributed by atoms with Gasteiger partial charge in [0.25, 0.3) is 0 Å². The Kier molecular flexibility index (Phi) is 5.45. The highest BCUT2D eigenvalue weighted by Crippen LogP contribution is 2.36. The molecule has 0 radical (unpaired) electrons. The van der Waals surface area contributed by atoms with Gasteiger partial charge in [0.15, 0.2) is 0 Å². The highest BCUT2D eigenvalue weighted by atomic mass is 79.9. The summed E-state index contributed by atoms with van der Waals surface area (Å²) in [5.41, 5.74) is 1.15. The molecule has 2 aromatic rings. The van der Waals surface area contributed by atoms with E-state index in [0.29, 0.717) is 0 Å². The Morgan fingerprint density at radius 2 is 2.05 bits per heavy atom. The van der Waals surface area contributed by atoms with E-state index < -0.39 is 0 Å². The van der Waals surface area contributed by atoms with Gasteiger partial charge in [0.2, 0.25) is 0 Å². The van der Waals surface area contributed by atoms with E-state index in [0.717, 1.165) is 26.1 Å². The van der Waals surface area contributed by atoms with Gasteiger partial charge in [-0.1, -0.05) is 22.9 Å². The molecule has 0 saturated carbocycles. The van der Waals surface area contributed by atoms with Gasteiger partial charge in [-0.05, 0) is 52.8 Å². The molecule has 1 unspecified atom stereocenters. The summed E-state index contributed by atoms with van der Waals surface area (Å²) < 4.78 is 7.68. The summed E-state index contributed by atoms with van der Waals surface area (Å²) in [6.45, 7) is 3.01. The summed E-state index contributed by atoms with van der Waals surface area (Å²) in [6, 6.07) is 10.5. The molecule has 1 N–H and O–H groups in total. The normalized spacial score (nSPS) is 12.4. The highest BCUT2D eigenvalue weighted by Gasteiger charge is 2.19. The second-order valence-corrected chi connectivity index (χ2v) is 7.43. The van der Waals surface area contributed by atoms with Crippen molar-refractivity contribution in [2.75, 3.05) is 13.7 Å². The molecule has 0 bridgehead atoms. The summed E-state index contributed by atoms with van der Waals surface area (Å²) in [6.07, 6.45) is 0. The number of halogens is 2. The monoisotopic (exact) mass is 403 g/mol. The third-order valence-electron chi connectivity index (χ3n) is 2.79. The van der Waals surface area contributed by atoms with Gasteiger partial charge < -0.3 is 10.1 Å². The fourth-order valence-corrected chi connectivity index (χ4v) is 3.88. The molecule has 0 aliphatic rings. The predicted molar refractivity (Wildman–Crippen MR) is 88.2 cm³/mol. The van der Waals surface area contributed by atoms with Crippen molar-refractivity contribution < 1.29 is 4.74 Å². The molecule has 0 amide bonds. The lowest BCUT2D eigenvalue weighted by Gasteiger charge is -2.20. The van der Waals surface area contributed by atoms with Crippen LogP contribution in [0, 0.1) is 0 Å². The Bertz CT molecular complexity index is 556. The van der Waals surface area contributed by atoms with Crippen molar-refractivity contribution in [3.63, 3.8) is 0 Å². The van der Waals surface area contributed by atoms with E-state index >= 15 is 0 Å². The summed E-state index contributed by atoms with van der Waals surface area (Å²) in [7, 11) is 1.71. The number of rotatable bonds is 5. The Balaban J connectivity index is 2.46. The second kappa shape index (κ2) is 6.88. The smallest absolute Gasteiger partial charge is 0.124 e. The van der Waals surface area contributed by atoms with Gasteiger partial charge in [-0.2, -0.15) is 0 Å². The first-order chi connectivity index (χ1) is 9.15. The SMILES string of the molecule is CCNC(c1ccc(Br)s1)c1cc(Br)ccc1OC. The molecule has 0 aliphatic carbocycles. The maximum absolute atomic E-state index is 5.49. The van der Waals surface area contributed by atoms with Crippen molar-refractivity contribution in [3.8, 4) is 5.75 Å². The van der Waals surface area contributed by atoms with Gasteiger partial charge >= 0.3 is 0 Å². The Morgan fingerprint density at radius 1 is 1.26 bits per heavy atom. The van der Waals surface area contributed by atoms with E-state index in [4.69, 9.17) is 4.74 Å². The first kappa shape index (κ1) is 15.0. The van der Waals surface area contributed by atoms with Crippen LogP contribution in [0.25, 0.3) is 0 Å². The standard InChI is InChI=1S/C14H15Br2NOS/c1-3-17-14(12-6-7-13(16)19-12)10-8-9(15)4-5-11(10)18-2/h4-8,14,17H,3H2,1-2H3. The molecular weight excluding hydrogens is 390 g/mol. The summed E-state index contributed by atoms with van der Waals surface area (Å²) >= 11 is 8.80. The zero-order valence-electron chi connectivity index (χ0n) is 10.7. The molecule has 0 fully saturated rings. The molecule has 2 nitrogen and oxygen atoms in total. The van der Waals surface area contributed by atoms with E-state index in [1.54, 1.807) is 18.4 Å². The molecular formula is C14H15Br2NOS. The number of ether oxygens (including phenoxy) is 1. The lowest BCUT2D eigenvalue weighted by Crippen LogP contribution is -2.21. The average molecular weight is 405 g/mol. The Morgan fingerprint density at radius 3 is 2.63 bits per heavy atom. The van der Waals surface area contributed by atoms with Crippen LogP contribution in [0.5, 0.6) is 5.75 Å². The van der Waals surface area contributed by atoms with Crippen molar-refractivity contribution in [2.45, 2.75) is 13.0 Å². The zero-order chi connectivity index (χ0) is 13.8. The van der Waals surface area contributed by atoms with Crippen molar-refractivity contribution in [1.82, 2.24) is 5.32 Å². The molecule has 102 valence electrons. The van der Waals surface area contributed by atoms with Gasteiger partial charge in [-0.15, -0.1) is 11.3 Å². The maximum Gasteiger partial charge on any atom is 0.124 e. The summed E-state index contributed by atoms with van der Waals surface area (Å²) in [4.78, 5) is 1.27. The third kappa shape index (κ3) is 3.60. The van der Waals surface area contributed by atoms with Gasteiger partial charge in [0.1, 0.15) is 5.75 Å². The second-order valence-electron chi connectivity index (χ2n) is 4.02. The van der Waals surface area contributed by atoms with Gasteiger partial charge in [-0.3, -0.25) is 0 Å². The largest absolute Gasteiger partial charge is 0.496 e. The van der Waals surface area contributed by atoms with Crippen LogP contribution in [0.2, 0.25) is 0 Å². The number of benzene rings is 1. The fourth-order valence-electron chi connectivity index (χ4n) is 1.98. The minimum Gasteiger partial charge on any atom is -0.496 e. The predicted octanol–water partition coefficient (Wildman–Crippen LogP) is 4.98. The van der Waals surface area contributed by atoms with Crippen LogP contribution >= 0.6 is 43.2 Å².